The van der Waals surface area contributed by atoms with E-state index < -0.39 is 5.54 Å². The van der Waals surface area contributed by atoms with Crippen molar-refractivity contribution in [1.82, 2.24) is 0 Å². The van der Waals surface area contributed by atoms with Crippen molar-refractivity contribution in [2.75, 3.05) is 14.2 Å². The van der Waals surface area contributed by atoms with E-state index in [1.54, 1.807) is 38.5 Å². The van der Waals surface area contributed by atoms with Crippen LogP contribution in [0.15, 0.2) is 54.6 Å². The number of methoxy groups -OCH3 is 2. The quantitative estimate of drug-likeness (QED) is 0.516. The van der Waals surface area contributed by atoms with Crippen molar-refractivity contribution in [3.8, 4) is 11.5 Å². The molecule has 7 heteroatoms. The van der Waals surface area contributed by atoms with Crippen molar-refractivity contribution in [2.24, 2.45) is 0 Å². The van der Waals surface area contributed by atoms with Crippen LogP contribution >= 0.6 is 23.2 Å². The summed E-state index contributed by atoms with van der Waals surface area (Å²) in [5.41, 5.74) is 3.55. The Morgan fingerprint density at radius 2 is 1.56 bits per heavy atom. The van der Waals surface area contributed by atoms with Gasteiger partial charge in [0.05, 0.1) is 30.4 Å². The van der Waals surface area contributed by atoms with Crippen molar-refractivity contribution < 1.29 is 30.8 Å². The molecule has 32 heavy (non-hydrogen) atoms. The zero-order valence-electron chi connectivity index (χ0n) is 18.2. The Balaban J connectivity index is 0.00000289. The monoisotopic (exact) mass is 493 g/mol. The van der Waals surface area contributed by atoms with Crippen LogP contribution < -0.4 is 21.9 Å². The number of halogens is 4. The van der Waals surface area contributed by atoms with Crippen LogP contribution in [-0.4, -0.2) is 30.0 Å². The van der Waals surface area contributed by atoms with Crippen LogP contribution in [0.2, 0.25) is 10.0 Å². The first-order valence-electron chi connectivity index (χ1n) is 9.89. The van der Waals surface area contributed by atoms with Gasteiger partial charge in [-0.1, -0.05) is 35.3 Å². The fourth-order valence-corrected chi connectivity index (χ4v) is 4.78. The normalized spacial score (nSPS) is 14.5. The Bertz CT molecular complexity index is 1210. The van der Waals surface area contributed by atoms with Crippen molar-refractivity contribution >= 4 is 34.6 Å². The van der Waals surface area contributed by atoms with Crippen molar-refractivity contribution in [3.05, 3.63) is 87.2 Å². The molecule has 0 aromatic heterocycles. The molecule has 1 heterocycles. The Morgan fingerprint density at radius 1 is 0.906 bits per heavy atom. The molecule has 3 aromatic rings. The molecule has 0 unspecified atom stereocenters. The molecule has 1 aliphatic heterocycles. The van der Waals surface area contributed by atoms with Crippen molar-refractivity contribution in [3.63, 3.8) is 0 Å². The first kappa shape index (κ1) is 24.4. The maximum absolute atomic E-state index is 15.1. The lowest BCUT2D eigenvalue weighted by Gasteiger charge is -2.31. The Morgan fingerprint density at radius 3 is 2.19 bits per heavy atom. The Hall–Kier alpha value is -2.27. The summed E-state index contributed by atoms with van der Waals surface area (Å²) in [4.78, 5) is 0. The van der Waals surface area contributed by atoms with Crippen LogP contribution in [0.25, 0.3) is 0 Å². The number of nitrogens with zero attached hydrogens (tertiary/aromatic N) is 1. The lowest BCUT2D eigenvalue weighted by molar-refractivity contribution is -0.527. The highest BCUT2D eigenvalue weighted by atomic mass is 35.5. The van der Waals surface area contributed by atoms with Gasteiger partial charge in [-0.25, -0.2) is 0 Å². The van der Waals surface area contributed by atoms with Gasteiger partial charge in [-0.15, -0.1) is 0 Å². The number of para-hydroxylation sites is 1. The average Bonchev–Trinajstić information content (AvgIpc) is 2.72. The second-order valence-electron chi connectivity index (χ2n) is 8.11. The molecular weight excluding hydrogens is 472 g/mol. The van der Waals surface area contributed by atoms with Crippen LogP contribution in [0.4, 0.5) is 10.1 Å². The molecule has 3 nitrogen and oxygen atoms in total. The second-order valence-corrected chi connectivity index (χ2v) is 8.96. The summed E-state index contributed by atoms with van der Waals surface area (Å²) < 4.78 is 28.2. The molecule has 1 aliphatic rings. The molecule has 0 N–H and O–H groups in total. The van der Waals surface area contributed by atoms with E-state index in [1.807, 2.05) is 28.8 Å². The van der Waals surface area contributed by atoms with E-state index in [2.05, 4.69) is 13.8 Å². The molecule has 168 valence electrons. The minimum absolute atomic E-state index is 0. The maximum atomic E-state index is 15.1. The Labute approximate surface area is 203 Å². The number of benzene rings is 3. The molecule has 0 bridgehead atoms. The summed E-state index contributed by atoms with van der Waals surface area (Å²) in [6.45, 7) is 4.17. The predicted octanol–water partition coefficient (Wildman–Crippen LogP) is 3.67. The van der Waals surface area contributed by atoms with Gasteiger partial charge >= 0.3 is 0 Å². The third-order valence-corrected chi connectivity index (χ3v) is 6.14. The molecular formula is C25H23Cl3FNO2. The summed E-state index contributed by atoms with van der Waals surface area (Å²) in [7, 11) is 3.21. The lowest BCUT2D eigenvalue weighted by Crippen LogP contribution is -3.00. The largest absolute Gasteiger partial charge is 1.00 e. The first-order valence-corrected chi connectivity index (χ1v) is 10.6. The van der Waals surface area contributed by atoms with E-state index >= 15 is 4.39 Å². The molecule has 0 amide bonds. The van der Waals surface area contributed by atoms with Crippen LogP contribution in [0.5, 0.6) is 11.5 Å². The van der Waals surface area contributed by atoms with Gasteiger partial charge in [0, 0.05) is 31.4 Å². The number of hydrogen-bond acceptors (Lipinski definition) is 2. The van der Waals surface area contributed by atoms with Gasteiger partial charge in [0.15, 0.2) is 22.9 Å². The number of hydrogen-bond donors (Lipinski definition) is 0. The molecule has 0 radical (unpaired) electrons. The number of fused-ring (bicyclic) bond motifs is 1. The molecule has 0 saturated carbocycles. The SMILES string of the molecule is COc1cc2c(cc1OC)C(c1ccc(Cl)cc1Cl)=[N+](c1ccccc1F)C(C)(C)C2.[Cl-]. The fourth-order valence-electron chi connectivity index (χ4n) is 4.28. The fraction of sp³-hybridized carbons (Fsp3) is 0.240. The van der Waals surface area contributed by atoms with Gasteiger partial charge in [-0.05, 0) is 42.0 Å². The summed E-state index contributed by atoms with van der Waals surface area (Å²) in [6.07, 6.45) is 0.672. The third kappa shape index (κ3) is 4.19. The van der Waals surface area contributed by atoms with E-state index in [-0.39, 0.29) is 18.2 Å². The topological polar surface area (TPSA) is 21.5 Å². The molecule has 0 aliphatic carbocycles. The smallest absolute Gasteiger partial charge is 0.242 e. The molecule has 0 fully saturated rings. The van der Waals surface area contributed by atoms with E-state index in [9.17, 15) is 0 Å². The van der Waals surface area contributed by atoms with E-state index in [0.29, 0.717) is 33.7 Å². The minimum atomic E-state index is -0.451. The van der Waals surface area contributed by atoms with Crippen LogP contribution in [0.1, 0.15) is 30.5 Å². The first-order chi connectivity index (χ1) is 14.8. The molecule has 3 aromatic carbocycles. The molecule has 4 rings (SSSR count). The lowest BCUT2D eigenvalue weighted by atomic mass is 9.82. The van der Waals surface area contributed by atoms with E-state index in [1.165, 1.54) is 6.07 Å². The van der Waals surface area contributed by atoms with Gasteiger partial charge in [0.1, 0.15) is 0 Å². The van der Waals surface area contributed by atoms with E-state index in [0.717, 1.165) is 22.4 Å². The Kier molecular flexibility index (Phi) is 7.09. The van der Waals surface area contributed by atoms with Gasteiger partial charge in [-0.2, -0.15) is 8.97 Å². The zero-order valence-corrected chi connectivity index (χ0v) is 20.4. The predicted molar refractivity (Wildman–Crippen MR) is 123 cm³/mol. The summed E-state index contributed by atoms with van der Waals surface area (Å²) in [6, 6.07) is 16.0. The number of rotatable bonds is 4. The maximum Gasteiger partial charge on any atom is 0.242 e. The molecule has 0 saturated heterocycles. The zero-order chi connectivity index (χ0) is 22.3. The summed E-state index contributed by atoms with van der Waals surface area (Å²) >= 11 is 12.8. The van der Waals surface area contributed by atoms with Gasteiger partial charge in [0.25, 0.3) is 0 Å². The van der Waals surface area contributed by atoms with Crippen LogP contribution in [-0.2, 0) is 6.42 Å². The highest BCUT2D eigenvalue weighted by Crippen LogP contribution is 2.41. The molecule has 0 spiro atoms. The second kappa shape index (κ2) is 9.30. The highest BCUT2D eigenvalue weighted by molar-refractivity contribution is 6.37. The summed E-state index contributed by atoms with van der Waals surface area (Å²) in [5, 5.41) is 1.02. The summed E-state index contributed by atoms with van der Waals surface area (Å²) in [5.74, 6) is 0.942. The van der Waals surface area contributed by atoms with Gasteiger partial charge < -0.3 is 21.9 Å². The standard InChI is InChI=1S/C25H23Cl2FNO2.ClH/c1-25(2)14-15-11-22(30-3)23(31-4)13-18(15)24(17-10-9-16(26)12-19(17)27)29(25)21-8-6-5-7-20(21)28;/h5-13H,14H2,1-4H3;1H/q+1;/p-1. The number of ether oxygens (including phenoxy) is 2. The van der Waals surface area contributed by atoms with Crippen LogP contribution in [0.3, 0.4) is 0 Å². The minimum Gasteiger partial charge on any atom is -1.00 e. The van der Waals surface area contributed by atoms with Gasteiger partial charge in [0.2, 0.25) is 11.4 Å². The molecule has 0 atom stereocenters. The van der Waals surface area contributed by atoms with Crippen LogP contribution in [0, 0.1) is 5.82 Å². The van der Waals surface area contributed by atoms with E-state index in [4.69, 9.17) is 32.7 Å². The third-order valence-electron chi connectivity index (χ3n) is 5.60. The van der Waals surface area contributed by atoms with Crippen molar-refractivity contribution in [2.45, 2.75) is 25.8 Å². The van der Waals surface area contributed by atoms with Gasteiger partial charge in [-0.3, -0.25) is 0 Å². The average molecular weight is 495 g/mol. The highest BCUT2D eigenvalue weighted by Gasteiger charge is 2.44. The van der Waals surface area contributed by atoms with Crippen molar-refractivity contribution in [1.29, 1.82) is 0 Å².